The van der Waals surface area contributed by atoms with E-state index < -0.39 is 10.2 Å². The van der Waals surface area contributed by atoms with Gasteiger partial charge in [0.25, 0.3) is 0 Å². The first kappa shape index (κ1) is 20.0. The second-order valence-corrected chi connectivity index (χ2v) is 6.67. The van der Waals surface area contributed by atoms with Crippen molar-refractivity contribution in [3.8, 4) is 0 Å². The second-order valence-electron chi connectivity index (χ2n) is 5.91. The lowest BCUT2D eigenvalue weighted by atomic mass is 10.2. The molecule has 1 unspecified atom stereocenters. The fourth-order valence-corrected chi connectivity index (χ4v) is 2.86. The number of hydrogen-bond acceptors (Lipinski definition) is 6. The number of para-hydroxylation sites is 2. The van der Waals surface area contributed by atoms with E-state index in [1.165, 1.54) is 11.4 Å². The lowest BCUT2D eigenvalue weighted by Crippen LogP contribution is -3.02. The highest BCUT2D eigenvalue weighted by Gasteiger charge is 2.30. The van der Waals surface area contributed by atoms with Crippen LogP contribution in [0.2, 0.25) is 0 Å². The van der Waals surface area contributed by atoms with Crippen LogP contribution in [0.1, 0.15) is 5.56 Å². The van der Waals surface area contributed by atoms with Gasteiger partial charge in [-0.1, -0.05) is 71.8 Å². The predicted octanol–water partition coefficient (Wildman–Crippen LogP) is -1.71. The van der Waals surface area contributed by atoms with Gasteiger partial charge < -0.3 is 0 Å². The van der Waals surface area contributed by atoms with Gasteiger partial charge in [0.1, 0.15) is 0 Å². The summed E-state index contributed by atoms with van der Waals surface area (Å²) in [5.74, 6) is 1.01. The minimum Gasteiger partial charge on any atom is -0.271 e. The molecule has 0 aromatic heterocycles. The summed E-state index contributed by atoms with van der Waals surface area (Å²) in [5, 5.41) is 6.05. The van der Waals surface area contributed by atoms with Crippen LogP contribution in [0.25, 0.3) is 0 Å². The van der Waals surface area contributed by atoms with Crippen LogP contribution in [0.4, 0.5) is 11.4 Å². The number of nitrogens with one attached hydrogen (secondary N) is 1. The summed E-state index contributed by atoms with van der Waals surface area (Å²) >= 11 is 0. The number of halogens is 1. The Kier molecular flexibility index (Phi) is 6.37. The molecule has 0 spiro atoms. The van der Waals surface area contributed by atoms with Gasteiger partial charge in [0.15, 0.2) is 12.4 Å². The van der Waals surface area contributed by atoms with Crippen molar-refractivity contribution in [1.82, 2.24) is 0 Å². The Labute approximate surface area is 164 Å². The quantitative estimate of drug-likeness (QED) is 0.563. The molecule has 144 valence electrons. The highest BCUT2D eigenvalue weighted by molar-refractivity contribution is 6.10. The fraction of sp³-hybridized carbons (Fsp3) is 0.0500. The summed E-state index contributed by atoms with van der Waals surface area (Å²) in [7, 11) is -4.94. The molecular formula is C20H18ClN3O4. The molecule has 1 heterocycles. The third-order valence-corrected chi connectivity index (χ3v) is 4.01. The Hall–Kier alpha value is -2.78. The lowest BCUT2D eigenvalue weighted by molar-refractivity contribution is -2.00. The number of nitrogens with zero attached hydrogens (tertiary/aromatic N) is 2. The molecule has 4 rings (SSSR count). The van der Waals surface area contributed by atoms with E-state index >= 15 is 0 Å². The number of anilines is 1. The van der Waals surface area contributed by atoms with Crippen molar-refractivity contribution < 1.29 is 33.9 Å². The summed E-state index contributed by atoms with van der Waals surface area (Å²) in [4.78, 5) is 2.28. The third kappa shape index (κ3) is 5.61. The van der Waals surface area contributed by atoms with E-state index in [-0.39, 0.29) is 0 Å². The van der Waals surface area contributed by atoms with E-state index in [1.807, 2.05) is 18.2 Å². The smallest absolute Gasteiger partial charge is 0.201 e. The molecule has 1 atom stereocenters. The topological polar surface area (TPSA) is 112 Å². The Morgan fingerprint density at radius 2 is 1.18 bits per heavy atom. The highest BCUT2D eigenvalue weighted by atomic mass is 35.7. The maximum atomic E-state index is 8.49. The first-order valence-electron chi connectivity index (χ1n) is 8.41. The van der Waals surface area contributed by atoms with Gasteiger partial charge in [0.05, 0.1) is 0 Å². The van der Waals surface area contributed by atoms with Crippen molar-refractivity contribution in [3.05, 3.63) is 96.6 Å². The average Bonchev–Trinajstić information content (AvgIpc) is 3.14. The van der Waals surface area contributed by atoms with Gasteiger partial charge in [-0.05, 0) is 12.1 Å². The number of quaternary nitrogens is 1. The molecular weight excluding hydrogens is 382 g/mol. The van der Waals surface area contributed by atoms with Gasteiger partial charge in [-0.3, -0.25) is 4.90 Å². The van der Waals surface area contributed by atoms with Crippen LogP contribution < -0.4 is 28.5 Å². The zero-order chi connectivity index (χ0) is 20.0. The molecule has 0 amide bonds. The first-order chi connectivity index (χ1) is 13.4. The van der Waals surface area contributed by atoms with Gasteiger partial charge in [0, 0.05) is 23.4 Å². The molecule has 28 heavy (non-hydrogen) atoms. The number of benzene rings is 3. The second kappa shape index (κ2) is 8.94. The molecule has 7 nitrogen and oxygen atoms in total. The zero-order valence-electron chi connectivity index (χ0n) is 14.8. The molecule has 1 aliphatic rings. The van der Waals surface area contributed by atoms with Crippen molar-refractivity contribution in [2.24, 2.45) is 5.10 Å². The minimum atomic E-state index is -4.94. The van der Waals surface area contributed by atoms with Crippen LogP contribution in [0.3, 0.4) is 0 Å². The maximum Gasteiger partial charge on any atom is 0.201 e. The Morgan fingerprint density at radius 1 is 0.714 bits per heavy atom. The fourth-order valence-electron chi connectivity index (χ4n) is 2.86. The summed E-state index contributed by atoms with van der Waals surface area (Å²) in [6.45, 7) is 0.790. The van der Waals surface area contributed by atoms with E-state index in [0.29, 0.717) is 0 Å². The summed E-state index contributed by atoms with van der Waals surface area (Å²) in [5.41, 5.74) is 3.49. The number of hydrogen-bond donors (Lipinski definition) is 1. The minimum absolute atomic E-state index is 0.790. The van der Waals surface area contributed by atoms with Crippen molar-refractivity contribution in [1.29, 1.82) is 0 Å². The number of amidine groups is 1. The van der Waals surface area contributed by atoms with Crippen LogP contribution in [0.15, 0.2) is 96.1 Å². The van der Waals surface area contributed by atoms with Crippen molar-refractivity contribution in [3.63, 3.8) is 0 Å². The normalized spacial score (nSPS) is 16.2. The highest BCUT2D eigenvalue weighted by Crippen LogP contribution is 2.19. The van der Waals surface area contributed by atoms with Gasteiger partial charge in [-0.25, -0.2) is 18.6 Å². The Bertz CT molecular complexity index is 897. The third-order valence-electron chi connectivity index (χ3n) is 4.01. The predicted molar refractivity (Wildman–Crippen MR) is 93.8 cm³/mol. The molecule has 1 N–H and O–H groups in total. The first-order valence-corrected chi connectivity index (χ1v) is 9.65. The van der Waals surface area contributed by atoms with E-state index in [0.717, 1.165) is 23.1 Å². The molecule has 0 aliphatic carbocycles. The average molecular weight is 400 g/mol. The molecule has 0 fully saturated rings. The van der Waals surface area contributed by atoms with Crippen molar-refractivity contribution >= 4 is 17.2 Å². The van der Waals surface area contributed by atoms with Gasteiger partial charge in [0.2, 0.25) is 5.84 Å². The van der Waals surface area contributed by atoms with Gasteiger partial charge in [-0.2, -0.15) is 5.01 Å². The van der Waals surface area contributed by atoms with E-state index in [1.54, 1.807) is 0 Å². The molecule has 1 aliphatic heterocycles. The van der Waals surface area contributed by atoms with Gasteiger partial charge >= 0.3 is 0 Å². The molecule has 0 saturated carbocycles. The summed E-state index contributed by atoms with van der Waals surface area (Å²) in [6.07, 6.45) is 0. The van der Waals surface area contributed by atoms with Crippen LogP contribution in [-0.4, -0.2) is 12.5 Å². The summed E-state index contributed by atoms with van der Waals surface area (Å²) < 4.78 is 34.0. The van der Waals surface area contributed by atoms with Crippen LogP contribution in [-0.2, 0) is 0 Å². The van der Waals surface area contributed by atoms with Crippen molar-refractivity contribution in [2.45, 2.75) is 0 Å². The van der Waals surface area contributed by atoms with Crippen LogP contribution >= 0.6 is 0 Å². The molecule has 0 saturated heterocycles. The number of rotatable bonds is 3. The van der Waals surface area contributed by atoms with E-state index in [9.17, 15) is 0 Å². The molecule has 0 bridgehead atoms. The molecule has 8 heteroatoms. The zero-order valence-corrected chi connectivity index (χ0v) is 15.5. The van der Waals surface area contributed by atoms with E-state index in [4.69, 9.17) is 23.7 Å². The molecule has 3 aromatic rings. The summed E-state index contributed by atoms with van der Waals surface area (Å²) in [6, 6.07) is 31.2. The lowest BCUT2D eigenvalue weighted by Gasteiger charge is -2.18. The van der Waals surface area contributed by atoms with Gasteiger partial charge in [-0.15, -0.1) is 10.2 Å². The monoisotopic (exact) mass is 399 g/mol. The Balaban J connectivity index is 0.000000403. The van der Waals surface area contributed by atoms with Crippen LogP contribution in [0.5, 0.6) is 0 Å². The van der Waals surface area contributed by atoms with Crippen LogP contribution in [0, 0.1) is 10.2 Å². The van der Waals surface area contributed by atoms with E-state index in [2.05, 4.69) is 77.7 Å². The SMILES string of the molecule is [O-][Cl+3]([O-])([O-])[O-].c1ccc(C2=N[NH+](c3ccccc3)CN2c2ccccc2)cc1. The van der Waals surface area contributed by atoms with Crippen molar-refractivity contribution in [2.75, 3.05) is 11.6 Å². The molecule has 0 radical (unpaired) electrons. The maximum absolute atomic E-state index is 8.49. The Morgan fingerprint density at radius 3 is 1.71 bits per heavy atom. The molecule has 3 aromatic carbocycles. The largest absolute Gasteiger partial charge is 0.271 e. The standard InChI is InChI=1S/C20H17N3.ClHO4/c1-4-10-17(11-5-1)20-21-23(19-14-8-3-9-15-19)16-22(20)18-12-6-2-7-13-18;2-1(3,4)5/h1-15H,16H2;(H,2,3,4,5).